The van der Waals surface area contributed by atoms with E-state index in [9.17, 15) is 13.2 Å². The normalized spacial score (nSPS) is 14.8. The number of sulfonamides is 1. The highest BCUT2D eigenvalue weighted by molar-refractivity contribution is 7.89. The number of nitrogens with one attached hydrogen (secondary N) is 1. The summed E-state index contributed by atoms with van der Waals surface area (Å²) in [5.74, 6) is 1.59. The molecule has 1 aliphatic heterocycles. The van der Waals surface area contributed by atoms with Gasteiger partial charge in [0.05, 0.1) is 18.6 Å². The number of carbonyl (C=O) groups is 1. The van der Waals surface area contributed by atoms with E-state index in [-0.39, 0.29) is 23.5 Å². The summed E-state index contributed by atoms with van der Waals surface area (Å²) in [5, 5.41) is 0. The van der Waals surface area contributed by atoms with E-state index in [0.717, 1.165) is 0 Å². The van der Waals surface area contributed by atoms with Crippen LogP contribution in [0.25, 0.3) is 0 Å². The fourth-order valence-electron chi connectivity index (χ4n) is 3.36. The van der Waals surface area contributed by atoms with Gasteiger partial charge in [0.1, 0.15) is 5.75 Å². The Bertz CT molecular complexity index is 970. The largest absolute Gasteiger partial charge is 0.497 e. The molecular weight excluding hydrogens is 420 g/mol. The first kappa shape index (κ1) is 22.9. The van der Waals surface area contributed by atoms with Crippen LogP contribution in [-0.4, -0.2) is 58.7 Å². The fraction of sp³-hybridized carbons (Fsp3) is 0.409. The monoisotopic (exact) mass is 448 g/mol. The predicted molar refractivity (Wildman–Crippen MR) is 116 cm³/mol. The second-order valence-corrected chi connectivity index (χ2v) is 8.83. The van der Waals surface area contributed by atoms with Crippen LogP contribution in [0.5, 0.6) is 17.2 Å². The van der Waals surface area contributed by atoms with Crippen molar-refractivity contribution in [2.24, 2.45) is 0 Å². The van der Waals surface area contributed by atoms with E-state index < -0.39 is 10.0 Å². The number of rotatable bonds is 9. The van der Waals surface area contributed by atoms with E-state index in [1.807, 2.05) is 19.1 Å². The number of amides is 1. The Labute approximate surface area is 183 Å². The number of para-hydroxylation sites is 2. The molecule has 0 radical (unpaired) electrons. The highest BCUT2D eigenvalue weighted by Crippen LogP contribution is 2.26. The van der Waals surface area contributed by atoms with Crippen LogP contribution in [0, 0.1) is 0 Å². The number of hydrogen-bond acceptors (Lipinski definition) is 6. The molecule has 0 atom stereocenters. The fourth-order valence-corrected chi connectivity index (χ4v) is 4.67. The van der Waals surface area contributed by atoms with Crippen LogP contribution in [-0.2, 0) is 14.8 Å². The van der Waals surface area contributed by atoms with Gasteiger partial charge in [-0.25, -0.2) is 13.1 Å². The second kappa shape index (κ2) is 10.5. The summed E-state index contributed by atoms with van der Waals surface area (Å²) in [7, 11) is -2.10. The Hall–Kier alpha value is -2.78. The smallest absolute Gasteiger partial charge is 0.260 e. The molecule has 2 aromatic rings. The van der Waals surface area contributed by atoms with E-state index in [2.05, 4.69) is 4.72 Å². The highest BCUT2D eigenvalue weighted by Gasteiger charge is 2.27. The third-order valence-electron chi connectivity index (χ3n) is 5.04. The first-order valence-electron chi connectivity index (χ1n) is 10.2. The van der Waals surface area contributed by atoms with Crippen LogP contribution < -0.4 is 18.9 Å². The molecule has 1 aliphatic rings. The molecule has 0 saturated carbocycles. The van der Waals surface area contributed by atoms with Crippen LogP contribution in [0.3, 0.4) is 0 Å². The minimum atomic E-state index is -3.63. The average molecular weight is 449 g/mol. The summed E-state index contributed by atoms with van der Waals surface area (Å²) in [6.07, 6.45) is 1.08. The summed E-state index contributed by atoms with van der Waals surface area (Å²) >= 11 is 0. The highest BCUT2D eigenvalue weighted by atomic mass is 32.2. The molecule has 168 valence electrons. The Morgan fingerprint density at radius 1 is 1.03 bits per heavy atom. The van der Waals surface area contributed by atoms with E-state index in [0.29, 0.717) is 49.8 Å². The third kappa shape index (κ3) is 6.11. The van der Waals surface area contributed by atoms with Gasteiger partial charge >= 0.3 is 0 Å². The molecule has 2 aromatic carbocycles. The van der Waals surface area contributed by atoms with Gasteiger partial charge in [0.15, 0.2) is 18.1 Å². The van der Waals surface area contributed by atoms with Crippen LogP contribution in [0.15, 0.2) is 53.4 Å². The lowest BCUT2D eigenvalue weighted by Crippen LogP contribution is -2.47. The maximum Gasteiger partial charge on any atom is 0.260 e. The zero-order valence-electron chi connectivity index (χ0n) is 17.7. The number of nitrogens with zero attached hydrogens (tertiary/aromatic N) is 1. The molecule has 0 aromatic heterocycles. The average Bonchev–Trinajstić information content (AvgIpc) is 2.79. The van der Waals surface area contributed by atoms with Gasteiger partial charge in [0, 0.05) is 19.1 Å². The number of benzene rings is 2. The van der Waals surface area contributed by atoms with Crippen molar-refractivity contribution < 1.29 is 27.4 Å². The van der Waals surface area contributed by atoms with Crippen molar-refractivity contribution >= 4 is 15.9 Å². The Morgan fingerprint density at radius 3 is 2.23 bits per heavy atom. The van der Waals surface area contributed by atoms with Gasteiger partial charge in [-0.1, -0.05) is 12.1 Å². The molecule has 1 amide bonds. The molecule has 0 bridgehead atoms. The minimum absolute atomic E-state index is 0.0909. The van der Waals surface area contributed by atoms with Crippen LogP contribution >= 0.6 is 0 Å². The number of hydrogen-bond donors (Lipinski definition) is 1. The van der Waals surface area contributed by atoms with Crippen molar-refractivity contribution in [1.29, 1.82) is 0 Å². The molecule has 9 heteroatoms. The first-order chi connectivity index (χ1) is 14.9. The molecular formula is C22H28N2O6S. The lowest BCUT2D eigenvalue weighted by atomic mass is 10.1. The predicted octanol–water partition coefficient (Wildman–Crippen LogP) is 2.44. The third-order valence-corrected chi connectivity index (χ3v) is 6.58. The molecule has 8 nitrogen and oxygen atoms in total. The van der Waals surface area contributed by atoms with Gasteiger partial charge in [-0.2, -0.15) is 0 Å². The van der Waals surface area contributed by atoms with E-state index in [1.54, 1.807) is 29.2 Å². The molecule has 0 spiro atoms. The number of carbonyl (C=O) groups excluding carboxylic acids is 1. The molecule has 1 fully saturated rings. The van der Waals surface area contributed by atoms with Crippen LogP contribution in [0.2, 0.25) is 0 Å². The second-order valence-electron chi connectivity index (χ2n) is 7.12. The van der Waals surface area contributed by atoms with Gasteiger partial charge < -0.3 is 19.1 Å². The molecule has 1 N–H and O–H groups in total. The maximum absolute atomic E-state index is 12.6. The first-order valence-corrected chi connectivity index (χ1v) is 11.7. The molecule has 0 aliphatic carbocycles. The quantitative estimate of drug-likeness (QED) is 0.633. The summed E-state index contributed by atoms with van der Waals surface area (Å²) in [6, 6.07) is 13.2. The summed E-state index contributed by atoms with van der Waals surface area (Å²) in [4.78, 5) is 14.4. The van der Waals surface area contributed by atoms with Crippen LogP contribution in [0.1, 0.15) is 19.8 Å². The Kier molecular flexibility index (Phi) is 7.75. The van der Waals surface area contributed by atoms with Crippen molar-refractivity contribution in [3.05, 3.63) is 48.5 Å². The zero-order chi connectivity index (χ0) is 22.3. The SMILES string of the molecule is CCOc1ccccc1OCC(=O)N1CCC(NS(=O)(=O)c2ccc(OC)cc2)CC1. The summed E-state index contributed by atoms with van der Waals surface area (Å²) in [6.45, 7) is 3.23. The Morgan fingerprint density at radius 2 is 1.65 bits per heavy atom. The van der Waals surface area contributed by atoms with Crippen molar-refractivity contribution in [3.8, 4) is 17.2 Å². The van der Waals surface area contributed by atoms with E-state index in [1.165, 1.54) is 19.2 Å². The molecule has 1 heterocycles. The zero-order valence-corrected chi connectivity index (χ0v) is 18.6. The summed E-state index contributed by atoms with van der Waals surface area (Å²) in [5.41, 5.74) is 0. The number of likely N-dealkylation sites (tertiary alicyclic amines) is 1. The van der Waals surface area contributed by atoms with Crippen molar-refractivity contribution in [1.82, 2.24) is 9.62 Å². The molecule has 1 saturated heterocycles. The molecule has 3 rings (SSSR count). The van der Waals surface area contributed by atoms with E-state index >= 15 is 0 Å². The minimum Gasteiger partial charge on any atom is -0.497 e. The molecule has 31 heavy (non-hydrogen) atoms. The van der Waals surface area contributed by atoms with Gasteiger partial charge in [-0.05, 0) is 56.2 Å². The van der Waals surface area contributed by atoms with Gasteiger partial charge in [0.2, 0.25) is 10.0 Å². The van der Waals surface area contributed by atoms with Gasteiger partial charge in [0.25, 0.3) is 5.91 Å². The van der Waals surface area contributed by atoms with Crippen molar-refractivity contribution in [2.45, 2.75) is 30.7 Å². The van der Waals surface area contributed by atoms with Gasteiger partial charge in [-0.3, -0.25) is 4.79 Å². The van der Waals surface area contributed by atoms with Crippen molar-refractivity contribution in [2.75, 3.05) is 33.4 Å². The lowest BCUT2D eigenvalue weighted by molar-refractivity contribution is -0.134. The number of piperidine rings is 1. The summed E-state index contributed by atoms with van der Waals surface area (Å²) < 4.78 is 44.1. The van der Waals surface area contributed by atoms with E-state index in [4.69, 9.17) is 14.2 Å². The molecule has 0 unspecified atom stereocenters. The van der Waals surface area contributed by atoms with Gasteiger partial charge in [-0.15, -0.1) is 0 Å². The lowest BCUT2D eigenvalue weighted by Gasteiger charge is -2.32. The van der Waals surface area contributed by atoms with Crippen LogP contribution in [0.4, 0.5) is 0 Å². The maximum atomic E-state index is 12.6. The standard InChI is InChI=1S/C22H28N2O6S/c1-3-29-20-6-4-5-7-21(20)30-16-22(25)24-14-12-17(13-15-24)23-31(26,27)19-10-8-18(28-2)9-11-19/h4-11,17,23H,3,12-16H2,1-2H3. The number of methoxy groups -OCH3 is 1. The Balaban J connectivity index is 1.49. The topological polar surface area (TPSA) is 94.2 Å². The van der Waals surface area contributed by atoms with Crippen molar-refractivity contribution in [3.63, 3.8) is 0 Å². The number of ether oxygens (including phenoxy) is 3.